The van der Waals surface area contributed by atoms with Gasteiger partial charge in [0.1, 0.15) is 5.82 Å². The molecule has 2 aliphatic rings. The Hall–Kier alpha value is -0.910. The standard InChI is InChI=1S/C13H22N4O/c1-2-14-12-10-18-9-11(12)7-16-5-6-17-4-3-15-13(17)8-16/h3-4,11-12,14H,2,5-10H2,1H3. The molecule has 2 unspecified atom stereocenters. The molecule has 3 rings (SSSR count). The highest BCUT2D eigenvalue weighted by molar-refractivity contribution is 4.96. The number of hydrogen-bond donors (Lipinski definition) is 1. The monoisotopic (exact) mass is 250 g/mol. The van der Waals surface area contributed by atoms with E-state index in [2.05, 4.69) is 32.9 Å². The molecule has 2 atom stereocenters. The zero-order valence-electron chi connectivity index (χ0n) is 11.0. The second-order valence-corrected chi connectivity index (χ2v) is 5.23. The van der Waals surface area contributed by atoms with Gasteiger partial charge >= 0.3 is 0 Å². The van der Waals surface area contributed by atoms with Crippen LogP contribution in [-0.4, -0.2) is 53.3 Å². The van der Waals surface area contributed by atoms with Gasteiger partial charge < -0.3 is 14.6 Å². The minimum atomic E-state index is 0.525. The van der Waals surface area contributed by atoms with E-state index in [1.54, 1.807) is 0 Å². The van der Waals surface area contributed by atoms with E-state index in [0.717, 1.165) is 45.9 Å². The summed E-state index contributed by atoms with van der Waals surface area (Å²) in [6.45, 7) is 9.21. The molecule has 3 heterocycles. The Morgan fingerprint density at radius 2 is 2.39 bits per heavy atom. The molecule has 0 aliphatic carbocycles. The van der Waals surface area contributed by atoms with Crippen LogP contribution in [-0.2, 0) is 17.8 Å². The largest absolute Gasteiger partial charge is 0.379 e. The number of rotatable bonds is 4. The SMILES string of the molecule is CCNC1COCC1CN1CCn2ccnc2C1. The minimum absolute atomic E-state index is 0.525. The summed E-state index contributed by atoms with van der Waals surface area (Å²) < 4.78 is 7.86. The zero-order chi connectivity index (χ0) is 12.4. The summed E-state index contributed by atoms with van der Waals surface area (Å²) in [5.41, 5.74) is 0. The van der Waals surface area contributed by atoms with Crippen molar-refractivity contribution < 1.29 is 4.74 Å². The number of aromatic nitrogens is 2. The lowest BCUT2D eigenvalue weighted by Crippen LogP contribution is -2.43. The molecule has 2 aliphatic heterocycles. The average molecular weight is 250 g/mol. The molecule has 0 bridgehead atoms. The van der Waals surface area contributed by atoms with Crippen LogP contribution in [0.25, 0.3) is 0 Å². The van der Waals surface area contributed by atoms with Crippen LogP contribution in [0.1, 0.15) is 12.7 Å². The van der Waals surface area contributed by atoms with E-state index < -0.39 is 0 Å². The highest BCUT2D eigenvalue weighted by Gasteiger charge is 2.30. The predicted octanol–water partition coefficient (Wildman–Crippen LogP) is 0.323. The number of nitrogens with zero attached hydrogens (tertiary/aromatic N) is 3. The second-order valence-electron chi connectivity index (χ2n) is 5.23. The highest BCUT2D eigenvalue weighted by atomic mass is 16.5. The third kappa shape index (κ3) is 2.43. The molecule has 1 saturated heterocycles. The fourth-order valence-electron chi connectivity index (χ4n) is 2.98. The van der Waals surface area contributed by atoms with Crippen molar-refractivity contribution in [1.29, 1.82) is 0 Å². The van der Waals surface area contributed by atoms with Crippen molar-refractivity contribution in [3.05, 3.63) is 18.2 Å². The van der Waals surface area contributed by atoms with Crippen molar-refractivity contribution >= 4 is 0 Å². The van der Waals surface area contributed by atoms with Crippen molar-refractivity contribution in [3.63, 3.8) is 0 Å². The second kappa shape index (κ2) is 5.38. The lowest BCUT2D eigenvalue weighted by atomic mass is 10.0. The zero-order valence-corrected chi connectivity index (χ0v) is 11.0. The lowest BCUT2D eigenvalue weighted by molar-refractivity contribution is 0.152. The first-order valence-corrected chi connectivity index (χ1v) is 6.90. The molecule has 0 radical (unpaired) electrons. The van der Waals surface area contributed by atoms with Crippen LogP contribution in [0.2, 0.25) is 0 Å². The molecule has 1 fully saturated rings. The Morgan fingerprint density at radius 3 is 3.28 bits per heavy atom. The van der Waals surface area contributed by atoms with Crippen LogP contribution in [0, 0.1) is 5.92 Å². The third-order valence-corrected chi connectivity index (χ3v) is 3.98. The Kier molecular flexibility index (Phi) is 3.63. The van der Waals surface area contributed by atoms with Gasteiger partial charge in [-0.25, -0.2) is 4.98 Å². The van der Waals surface area contributed by atoms with Crippen molar-refractivity contribution in [1.82, 2.24) is 19.8 Å². The topological polar surface area (TPSA) is 42.3 Å². The molecule has 1 aromatic heterocycles. The number of fused-ring (bicyclic) bond motifs is 1. The first-order chi connectivity index (χ1) is 8.86. The number of nitrogens with one attached hydrogen (secondary N) is 1. The summed E-state index contributed by atoms with van der Waals surface area (Å²) >= 11 is 0. The van der Waals surface area contributed by atoms with E-state index in [1.165, 1.54) is 5.82 Å². The summed E-state index contributed by atoms with van der Waals surface area (Å²) in [6.07, 6.45) is 3.98. The molecular formula is C13H22N4O. The summed E-state index contributed by atoms with van der Waals surface area (Å²) in [7, 11) is 0. The maximum Gasteiger partial charge on any atom is 0.122 e. The fourth-order valence-corrected chi connectivity index (χ4v) is 2.98. The average Bonchev–Trinajstić information content (AvgIpc) is 2.99. The van der Waals surface area contributed by atoms with Gasteiger partial charge in [0.15, 0.2) is 0 Å². The van der Waals surface area contributed by atoms with Gasteiger partial charge in [-0.15, -0.1) is 0 Å². The van der Waals surface area contributed by atoms with Gasteiger partial charge in [-0.3, -0.25) is 4.90 Å². The van der Waals surface area contributed by atoms with Crippen LogP contribution < -0.4 is 5.32 Å². The fraction of sp³-hybridized carbons (Fsp3) is 0.769. The summed E-state index contributed by atoms with van der Waals surface area (Å²) in [4.78, 5) is 6.92. The van der Waals surface area contributed by atoms with Crippen molar-refractivity contribution in [2.24, 2.45) is 5.92 Å². The molecule has 1 N–H and O–H groups in total. The Morgan fingerprint density at radius 1 is 1.44 bits per heavy atom. The number of ether oxygens (including phenoxy) is 1. The van der Waals surface area contributed by atoms with E-state index >= 15 is 0 Å². The normalized spacial score (nSPS) is 28.5. The Balaban J connectivity index is 1.57. The van der Waals surface area contributed by atoms with Crippen LogP contribution in [0.3, 0.4) is 0 Å². The molecule has 0 saturated carbocycles. The van der Waals surface area contributed by atoms with Crippen LogP contribution in [0.15, 0.2) is 12.4 Å². The number of imidazole rings is 1. The van der Waals surface area contributed by atoms with Crippen molar-refractivity contribution in [3.8, 4) is 0 Å². The molecular weight excluding hydrogens is 228 g/mol. The summed E-state index contributed by atoms with van der Waals surface area (Å²) in [5.74, 6) is 1.81. The first-order valence-electron chi connectivity index (χ1n) is 6.90. The maximum atomic E-state index is 5.61. The maximum absolute atomic E-state index is 5.61. The van der Waals surface area contributed by atoms with Gasteiger partial charge in [0.05, 0.1) is 19.8 Å². The van der Waals surface area contributed by atoms with Gasteiger partial charge in [0, 0.05) is 44.0 Å². The Labute approximate surface area is 108 Å². The molecule has 100 valence electrons. The molecule has 1 aromatic rings. The molecule has 5 heteroatoms. The van der Waals surface area contributed by atoms with Gasteiger partial charge in [-0.1, -0.05) is 6.92 Å². The lowest BCUT2D eigenvalue weighted by Gasteiger charge is -2.31. The van der Waals surface area contributed by atoms with E-state index in [0.29, 0.717) is 12.0 Å². The van der Waals surface area contributed by atoms with E-state index in [4.69, 9.17) is 4.74 Å². The molecule has 18 heavy (non-hydrogen) atoms. The summed E-state index contributed by atoms with van der Waals surface area (Å²) in [5, 5.41) is 3.53. The van der Waals surface area contributed by atoms with Gasteiger partial charge in [0.25, 0.3) is 0 Å². The van der Waals surface area contributed by atoms with Gasteiger partial charge in [-0.05, 0) is 6.54 Å². The summed E-state index contributed by atoms with van der Waals surface area (Å²) in [6, 6.07) is 0.525. The van der Waals surface area contributed by atoms with E-state index in [9.17, 15) is 0 Å². The van der Waals surface area contributed by atoms with E-state index in [1.807, 2.05) is 6.20 Å². The molecule has 0 aromatic carbocycles. The quantitative estimate of drug-likeness (QED) is 0.836. The third-order valence-electron chi connectivity index (χ3n) is 3.98. The minimum Gasteiger partial charge on any atom is -0.379 e. The number of hydrogen-bond acceptors (Lipinski definition) is 4. The van der Waals surface area contributed by atoms with Crippen LogP contribution in [0.5, 0.6) is 0 Å². The number of likely N-dealkylation sites (N-methyl/N-ethyl adjacent to an activating group) is 1. The molecule has 5 nitrogen and oxygen atoms in total. The predicted molar refractivity (Wildman–Crippen MR) is 69.3 cm³/mol. The van der Waals surface area contributed by atoms with Crippen LogP contribution >= 0.6 is 0 Å². The van der Waals surface area contributed by atoms with Crippen molar-refractivity contribution in [2.45, 2.75) is 26.1 Å². The molecule has 0 amide bonds. The Bertz CT molecular complexity index is 392. The van der Waals surface area contributed by atoms with Crippen LogP contribution in [0.4, 0.5) is 0 Å². The van der Waals surface area contributed by atoms with Gasteiger partial charge in [-0.2, -0.15) is 0 Å². The van der Waals surface area contributed by atoms with E-state index in [-0.39, 0.29) is 0 Å². The molecule has 0 spiro atoms. The van der Waals surface area contributed by atoms with Gasteiger partial charge in [0.2, 0.25) is 0 Å². The first kappa shape index (κ1) is 12.1. The highest BCUT2D eigenvalue weighted by Crippen LogP contribution is 2.18. The van der Waals surface area contributed by atoms with Crippen molar-refractivity contribution in [2.75, 3.05) is 32.8 Å². The smallest absolute Gasteiger partial charge is 0.122 e.